The molecule has 0 radical (unpaired) electrons. The van der Waals surface area contributed by atoms with E-state index in [2.05, 4.69) is 16.0 Å². The minimum absolute atomic E-state index is 0.334. The summed E-state index contributed by atoms with van der Waals surface area (Å²) in [6.07, 6.45) is 3.02. The first-order valence-corrected chi connectivity index (χ1v) is 7.93. The average Bonchev–Trinajstić information content (AvgIpc) is 3.11. The maximum atomic E-state index is 12.1. The molecule has 3 rings (SSSR count). The predicted octanol–water partition coefficient (Wildman–Crippen LogP) is 2.66. The lowest BCUT2D eigenvalue weighted by atomic mass is 10.2. The van der Waals surface area contributed by atoms with E-state index in [-0.39, 0.29) is 0 Å². The van der Waals surface area contributed by atoms with Crippen LogP contribution < -0.4 is 10.9 Å². The fourth-order valence-electron chi connectivity index (χ4n) is 2.22. The molecular weight excluding hydrogens is 340 g/mol. The van der Waals surface area contributed by atoms with Crippen LogP contribution >= 0.6 is 11.6 Å². The maximum Gasteiger partial charge on any atom is 0.272 e. The number of amides is 2. The van der Waals surface area contributed by atoms with Gasteiger partial charge in [-0.2, -0.15) is 5.10 Å². The molecule has 0 aliphatic rings. The summed E-state index contributed by atoms with van der Waals surface area (Å²) < 4.78 is 1.61. The van der Waals surface area contributed by atoms with Gasteiger partial charge in [0.2, 0.25) is 0 Å². The number of nitrogens with one attached hydrogen (secondary N) is 2. The van der Waals surface area contributed by atoms with Crippen LogP contribution in [0.2, 0.25) is 5.02 Å². The number of carbonyl (C=O) groups is 2. The molecule has 126 valence electrons. The van der Waals surface area contributed by atoms with Crippen LogP contribution in [0.25, 0.3) is 0 Å². The number of rotatable bonds is 4. The van der Waals surface area contributed by atoms with Gasteiger partial charge in [0, 0.05) is 16.8 Å². The summed E-state index contributed by atoms with van der Waals surface area (Å²) in [6.45, 7) is 0.448. The summed E-state index contributed by atoms with van der Waals surface area (Å²) in [4.78, 5) is 24.0. The molecule has 1 aromatic heterocycles. The molecule has 0 fully saturated rings. The minimum atomic E-state index is -0.449. The SMILES string of the molecule is O=C(NNC(=O)c1cnn(Cc2ccccc2Cl)c1)c1ccccc1. The van der Waals surface area contributed by atoms with Crippen molar-refractivity contribution in [1.82, 2.24) is 20.6 Å². The Balaban J connectivity index is 1.59. The molecule has 0 unspecified atom stereocenters. The lowest BCUT2D eigenvalue weighted by Gasteiger charge is -2.06. The molecule has 3 aromatic rings. The second kappa shape index (κ2) is 7.63. The molecule has 0 saturated heterocycles. The van der Waals surface area contributed by atoms with Crippen molar-refractivity contribution in [2.24, 2.45) is 0 Å². The zero-order chi connectivity index (χ0) is 17.6. The normalized spacial score (nSPS) is 10.3. The monoisotopic (exact) mass is 354 g/mol. The fourth-order valence-corrected chi connectivity index (χ4v) is 2.41. The van der Waals surface area contributed by atoms with Crippen molar-refractivity contribution in [3.8, 4) is 0 Å². The summed E-state index contributed by atoms with van der Waals surface area (Å²) in [5, 5.41) is 4.78. The number of nitrogens with zero attached hydrogens (tertiary/aromatic N) is 2. The van der Waals surface area contributed by atoms with Gasteiger partial charge < -0.3 is 0 Å². The van der Waals surface area contributed by atoms with E-state index in [1.54, 1.807) is 41.2 Å². The molecule has 2 amide bonds. The second-order valence-corrected chi connectivity index (χ2v) is 5.70. The molecule has 7 heteroatoms. The van der Waals surface area contributed by atoms with Crippen LogP contribution in [-0.4, -0.2) is 21.6 Å². The first kappa shape index (κ1) is 16.7. The summed E-state index contributed by atoms with van der Waals surface area (Å²) in [6, 6.07) is 16.0. The topological polar surface area (TPSA) is 76.0 Å². The molecular formula is C18H15ClN4O2. The van der Waals surface area contributed by atoms with Crippen LogP contribution in [0.1, 0.15) is 26.3 Å². The second-order valence-electron chi connectivity index (χ2n) is 5.29. The van der Waals surface area contributed by atoms with E-state index in [0.29, 0.717) is 22.7 Å². The number of benzene rings is 2. The summed E-state index contributed by atoms with van der Waals surface area (Å²) in [5.74, 6) is -0.841. The van der Waals surface area contributed by atoms with Crippen LogP contribution in [0.4, 0.5) is 0 Å². The van der Waals surface area contributed by atoms with Gasteiger partial charge in [0.1, 0.15) is 0 Å². The van der Waals surface area contributed by atoms with E-state index in [1.165, 1.54) is 6.20 Å². The Labute approximate surface area is 149 Å². The minimum Gasteiger partial charge on any atom is -0.267 e. The highest BCUT2D eigenvalue weighted by atomic mass is 35.5. The van der Waals surface area contributed by atoms with Gasteiger partial charge in [0.15, 0.2) is 0 Å². The number of hydrogen-bond acceptors (Lipinski definition) is 3. The van der Waals surface area contributed by atoms with E-state index in [4.69, 9.17) is 11.6 Å². The van der Waals surface area contributed by atoms with Gasteiger partial charge in [0.25, 0.3) is 11.8 Å². The molecule has 25 heavy (non-hydrogen) atoms. The standard InChI is InChI=1S/C18H15ClN4O2/c19-16-9-5-4-8-14(16)11-23-12-15(10-20-23)18(25)22-21-17(24)13-6-2-1-3-7-13/h1-10,12H,11H2,(H,21,24)(H,22,25). The van der Waals surface area contributed by atoms with Crippen molar-refractivity contribution in [2.75, 3.05) is 0 Å². The number of halogens is 1. The first-order valence-electron chi connectivity index (χ1n) is 7.55. The Bertz CT molecular complexity index is 893. The molecule has 0 aliphatic carbocycles. The predicted molar refractivity (Wildman–Crippen MR) is 94.2 cm³/mol. The summed E-state index contributed by atoms with van der Waals surface area (Å²) >= 11 is 6.12. The number of aromatic nitrogens is 2. The molecule has 0 bridgehead atoms. The van der Waals surface area contributed by atoms with E-state index in [1.807, 2.05) is 24.3 Å². The molecule has 1 heterocycles. The third kappa shape index (κ3) is 4.24. The van der Waals surface area contributed by atoms with Gasteiger partial charge in [-0.05, 0) is 23.8 Å². The zero-order valence-corrected chi connectivity index (χ0v) is 13.9. The van der Waals surface area contributed by atoms with E-state index in [0.717, 1.165) is 5.56 Å². The van der Waals surface area contributed by atoms with Crippen molar-refractivity contribution in [3.63, 3.8) is 0 Å². The summed E-state index contributed by atoms with van der Waals surface area (Å²) in [5.41, 5.74) is 6.43. The highest BCUT2D eigenvalue weighted by Gasteiger charge is 2.11. The number of hydrogen-bond donors (Lipinski definition) is 2. The van der Waals surface area contributed by atoms with E-state index >= 15 is 0 Å². The van der Waals surface area contributed by atoms with Gasteiger partial charge >= 0.3 is 0 Å². The van der Waals surface area contributed by atoms with Crippen molar-refractivity contribution >= 4 is 23.4 Å². The smallest absolute Gasteiger partial charge is 0.267 e. The van der Waals surface area contributed by atoms with Crippen molar-refractivity contribution in [2.45, 2.75) is 6.54 Å². The average molecular weight is 355 g/mol. The third-order valence-corrected chi connectivity index (χ3v) is 3.88. The Morgan fingerprint density at radius 1 is 0.920 bits per heavy atom. The van der Waals surface area contributed by atoms with Crippen LogP contribution in [0.3, 0.4) is 0 Å². The largest absolute Gasteiger partial charge is 0.272 e. The van der Waals surface area contributed by atoms with Gasteiger partial charge in [-0.15, -0.1) is 0 Å². The molecule has 6 nitrogen and oxygen atoms in total. The fraction of sp³-hybridized carbons (Fsp3) is 0.0556. The first-order chi connectivity index (χ1) is 12.1. The van der Waals surface area contributed by atoms with Crippen molar-refractivity contribution < 1.29 is 9.59 Å². The lowest BCUT2D eigenvalue weighted by Crippen LogP contribution is -2.41. The van der Waals surface area contributed by atoms with Gasteiger partial charge in [-0.3, -0.25) is 25.1 Å². The number of carbonyl (C=O) groups excluding carboxylic acids is 2. The maximum absolute atomic E-state index is 12.1. The van der Waals surface area contributed by atoms with Crippen LogP contribution in [0.5, 0.6) is 0 Å². The van der Waals surface area contributed by atoms with Crippen LogP contribution in [0, 0.1) is 0 Å². The zero-order valence-electron chi connectivity index (χ0n) is 13.1. The van der Waals surface area contributed by atoms with Crippen LogP contribution in [-0.2, 0) is 6.54 Å². The highest BCUT2D eigenvalue weighted by Crippen LogP contribution is 2.16. The Morgan fingerprint density at radius 2 is 1.56 bits per heavy atom. The summed E-state index contributed by atoms with van der Waals surface area (Å²) in [7, 11) is 0. The van der Waals surface area contributed by atoms with Crippen molar-refractivity contribution in [1.29, 1.82) is 0 Å². The molecule has 2 aromatic carbocycles. The van der Waals surface area contributed by atoms with Gasteiger partial charge in [-0.1, -0.05) is 48.0 Å². The van der Waals surface area contributed by atoms with Crippen molar-refractivity contribution in [3.05, 3.63) is 88.7 Å². The number of hydrazine groups is 1. The molecule has 0 spiro atoms. The molecule has 0 saturated carbocycles. The highest BCUT2D eigenvalue weighted by molar-refractivity contribution is 6.31. The van der Waals surface area contributed by atoms with Crippen LogP contribution in [0.15, 0.2) is 67.0 Å². The Morgan fingerprint density at radius 3 is 2.28 bits per heavy atom. The quantitative estimate of drug-likeness (QED) is 0.707. The molecule has 0 atom stereocenters. The molecule has 2 N–H and O–H groups in total. The van der Waals surface area contributed by atoms with Gasteiger partial charge in [-0.25, -0.2) is 0 Å². The van der Waals surface area contributed by atoms with E-state index in [9.17, 15) is 9.59 Å². The lowest BCUT2D eigenvalue weighted by molar-refractivity contribution is 0.0846. The Hall–Kier alpha value is -3.12. The molecule has 0 aliphatic heterocycles. The van der Waals surface area contributed by atoms with E-state index < -0.39 is 11.8 Å². The van der Waals surface area contributed by atoms with Gasteiger partial charge in [0.05, 0.1) is 18.3 Å². The Kier molecular flexibility index (Phi) is 5.11. The third-order valence-electron chi connectivity index (χ3n) is 3.51.